The average molecular weight is 385 g/mol. The van der Waals surface area contributed by atoms with Gasteiger partial charge >= 0.3 is 0 Å². The molecule has 6 nitrogen and oxygen atoms in total. The van der Waals surface area contributed by atoms with Gasteiger partial charge in [-0.1, -0.05) is 23.2 Å². The number of carbonyl (C=O) groups excluding carboxylic acids is 2. The summed E-state index contributed by atoms with van der Waals surface area (Å²) in [5.41, 5.74) is 0.391. The molecule has 1 unspecified atom stereocenters. The third-order valence-corrected chi connectivity index (χ3v) is 5.51. The van der Waals surface area contributed by atoms with Crippen LogP contribution in [0.5, 0.6) is 0 Å². The Balaban J connectivity index is 1.47. The molecule has 0 spiro atoms. The van der Waals surface area contributed by atoms with Crippen molar-refractivity contribution in [2.75, 3.05) is 45.8 Å². The van der Waals surface area contributed by atoms with Gasteiger partial charge in [-0.3, -0.25) is 14.5 Å². The van der Waals surface area contributed by atoms with Crippen molar-refractivity contribution in [1.29, 1.82) is 0 Å². The Hall–Kier alpha value is -1.34. The summed E-state index contributed by atoms with van der Waals surface area (Å²) >= 11 is 11.8. The first kappa shape index (κ1) is 18.5. The van der Waals surface area contributed by atoms with Gasteiger partial charge in [0.25, 0.3) is 5.91 Å². The summed E-state index contributed by atoms with van der Waals surface area (Å²) in [6.45, 7) is 5.54. The summed E-state index contributed by atoms with van der Waals surface area (Å²) in [6, 6.07) is 5.08. The first-order valence-corrected chi connectivity index (χ1v) is 9.26. The van der Waals surface area contributed by atoms with Gasteiger partial charge in [0.1, 0.15) is 0 Å². The van der Waals surface area contributed by atoms with E-state index in [2.05, 4.69) is 15.5 Å². The van der Waals surface area contributed by atoms with Crippen LogP contribution < -0.4 is 10.6 Å². The fourth-order valence-corrected chi connectivity index (χ4v) is 3.62. The van der Waals surface area contributed by atoms with E-state index < -0.39 is 0 Å². The number of rotatable bonds is 4. The zero-order chi connectivity index (χ0) is 17.8. The highest BCUT2D eigenvalue weighted by Gasteiger charge is 2.30. The number of carbonyl (C=O) groups is 2. The van der Waals surface area contributed by atoms with Crippen molar-refractivity contribution in [3.8, 4) is 0 Å². The van der Waals surface area contributed by atoms with Gasteiger partial charge < -0.3 is 15.5 Å². The standard InChI is InChI=1S/C17H22Cl2N4O2/c18-14-2-1-12(9-15(14)19)17(25)21-10-16(24)23-6-3-13(11-23)22-7-4-20-5-8-22/h1-2,9,13,20H,3-8,10-11H2,(H,21,25). The number of hydrogen-bond donors (Lipinski definition) is 2. The van der Waals surface area contributed by atoms with Crippen LogP contribution in [-0.2, 0) is 4.79 Å². The first-order chi connectivity index (χ1) is 12.0. The Morgan fingerprint density at radius 2 is 1.92 bits per heavy atom. The van der Waals surface area contributed by atoms with Gasteiger partial charge in [-0.05, 0) is 24.6 Å². The van der Waals surface area contributed by atoms with E-state index >= 15 is 0 Å². The molecule has 3 rings (SSSR count). The molecule has 136 valence electrons. The minimum Gasteiger partial charge on any atom is -0.343 e. The monoisotopic (exact) mass is 384 g/mol. The van der Waals surface area contributed by atoms with E-state index in [0.29, 0.717) is 21.7 Å². The molecule has 2 amide bonds. The second kappa shape index (κ2) is 8.36. The molecule has 2 fully saturated rings. The highest BCUT2D eigenvalue weighted by atomic mass is 35.5. The molecule has 8 heteroatoms. The lowest BCUT2D eigenvalue weighted by Crippen LogP contribution is -2.49. The van der Waals surface area contributed by atoms with Crippen molar-refractivity contribution in [3.05, 3.63) is 33.8 Å². The van der Waals surface area contributed by atoms with Crippen LogP contribution in [0.3, 0.4) is 0 Å². The molecule has 2 N–H and O–H groups in total. The molecule has 0 aromatic heterocycles. The van der Waals surface area contributed by atoms with Gasteiger partial charge in [-0.25, -0.2) is 0 Å². The number of halogens is 2. The lowest BCUT2D eigenvalue weighted by Gasteiger charge is -2.32. The highest BCUT2D eigenvalue weighted by Crippen LogP contribution is 2.22. The van der Waals surface area contributed by atoms with E-state index in [-0.39, 0.29) is 18.4 Å². The van der Waals surface area contributed by atoms with Crippen molar-refractivity contribution >= 4 is 35.0 Å². The van der Waals surface area contributed by atoms with Crippen molar-refractivity contribution in [1.82, 2.24) is 20.4 Å². The van der Waals surface area contributed by atoms with E-state index in [1.807, 2.05) is 4.90 Å². The van der Waals surface area contributed by atoms with E-state index in [0.717, 1.165) is 45.7 Å². The Morgan fingerprint density at radius 1 is 1.16 bits per heavy atom. The normalized spacial score (nSPS) is 21.4. The lowest BCUT2D eigenvalue weighted by molar-refractivity contribution is -0.129. The molecule has 2 heterocycles. The molecule has 25 heavy (non-hydrogen) atoms. The van der Waals surface area contributed by atoms with Gasteiger partial charge in [0.05, 0.1) is 16.6 Å². The molecule has 2 aliphatic rings. The third-order valence-electron chi connectivity index (χ3n) is 4.77. The maximum atomic E-state index is 12.4. The number of benzene rings is 1. The maximum Gasteiger partial charge on any atom is 0.251 e. The van der Waals surface area contributed by atoms with E-state index in [1.165, 1.54) is 6.07 Å². The predicted molar refractivity (Wildman–Crippen MR) is 98.2 cm³/mol. The number of nitrogens with zero attached hydrogens (tertiary/aromatic N) is 2. The van der Waals surface area contributed by atoms with Crippen LogP contribution in [0.2, 0.25) is 10.0 Å². The molecule has 1 atom stereocenters. The quantitative estimate of drug-likeness (QED) is 0.819. The van der Waals surface area contributed by atoms with Gasteiger partial charge in [-0.2, -0.15) is 0 Å². The van der Waals surface area contributed by atoms with Crippen molar-refractivity contribution in [2.24, 2.45) is 0 Å². The molecule has 1 aromatic rings. The van der Waals surface area contributed by atoms with Crippen LogP contribution >= 0.6 is 23.2 Å². The number of hydrogen-bond acceptors (Lipinski definition) is 4. The molecule has 2 aliphatic heterocycles. The van der Waals surface area contributed by atoms with Gasteiger partial charge in [0.2, 0.25) is 5.91 Å². The summed E-state index contributed by atoms with van der Waals surface area (Å²) < 4.78 is 0. The largest absolute Gasteiger partial charge is 0.343 e. The van der Waals surface area contributed by atoms with Crippen LogP contribution in [-0.4, -0.2) is 73.5 Å². The lowest BCUT2D eigenvalue weighted by atomic mass is 10.2. The molecule has 0 aliphatic carbocycles. The highest BCUT2D eigenvalue weighted by molar-refractivity contribution is 6.42. The second-order valence-electron chi connectivity index (χ2n) is 6.38. The first-order valence-electron chi connectivity index (χ1n) is 8.50. The van der Waals surface area contributed by atoms with Crippen molar-refractivity contribution in [2.45, 2.75) is 12.5 Å². The third kappa shape index (κ3) is 4.64. The predicted octanol–water partition coefficient (Wildman–Crippen LogP) is 1.23. The summed E-state index contributed by atoms with van der Waals surface area (Å²) in [4.78, 5) is 28.8. The van der Waals surface area contributed by atoms with Crippen LogP contribution in [0.15, 0.2) is 18.2 Å². The van der Waals surface area contributed by atoms with Crippen molar-refractivity contribution in [3.63, 3.8) is 0 Å². The number of nitrogens with one attached hydrogen (secondary N) is 2. The topological polar surface area (TPSA) is 64.7 Å². The zero-order valence-electron chi connectivity index (χ0n) is 13.9. The van der Waals surface area contributed by atoms with Gasteiger partial charge in [-0.15, -0.1) is 0 Å². The molecule has 0 saturated carbocycles. The smallest absolute Gasteiger partial charge is 0.251 e. The van der Waals surface area contributed by atoms with Crippen LogP contribution in [0.25, 0.3) is 0 Å². The second-order valence-corrected chi connectivity index (χ2v) is 7.19. The molecule has 0 bridgehead atoms. The minimum atomic E-state index is -0.329. The zero-order valence-corrected chi connectivity index (χ0v) is 15.4. The molecular formula is C17H22Cl2N4O2. The van der Waals surface area contributed by atoms with Crippen LogP contribution in [0.4, 0.5) is 0 Å². The van der Waals surface area contributed by atoms with Crippen LogP contribution in [0, 0.1) is 0 Å². The average Bonchev–Trinajstić information content (AvgIpc) is 3.12. The molecule has 0 radical (unpaired) electrons. The van der Waals surface area contributed by atoms with Crippen LogP contribution in [0.1, 0.15) is 16.8 Å². The SMILES string of the molecule is O=C(NCC(=O)N1CCC(N2CCNCC2)C1)c1ccc(Cl)c(Cl)c1. The van der Waals surface area contributed by atoms with E-state index in [1.54, 1.807) is 12.1 Å². The number of piperazine rings is 1. The number of likely N-dealkylation sites (tertiary alicyclic amines) is 1. The Morgan fingerprint density at radius 3 is 2.64 bits per heavy atom. The maximum absolute atomic E-state index is 12.4. The summed E-state index contributed by atoms with van der Waals surface area (Å²) in [5.74, 6) is -0.379. The van der Waals surface area contributed by atoms with Crippen molar-refractivity contribution < 1.29 is 9.59 Å². The Kier molecular flexibility index (Phi) is 6.17. The van der Waals surface area contributed by atoms with Gasteiger partial charge in [0, 0.05) is 50.9 Å². The minimum absolute atomic E-state index is 0.00659. The fourth-order valence-electron chi connectivity index (χ4n) is 3.32. The Labute approximate surface area is 157 Å². The van der Waals surface area contributed by atoms with E-state index in [9.17, 15) is 9.59 Å². The number of amides is 2. The summed E-state index contributed by atoms with van der Waals surface area (Å²) in [6.07, 6.45) is 0.993. The summed E-state index contributed by atoms with van der Waals surface area (Å²) in [7, 11) is 0. The molecular weight excluding hydrogens is 363 g/mol. The Bertz CT molecular complexity index is 650. The van der Waals surface area contributed by atoms with E-state index in [4.69, 9.17) is 23.2 Å². The fraction of sp³-hybridized carbons (Fsp3) is 0.529. The van der Waals surface area contributed by atoms with Gasteiger partial charge in [0.15, 0.2) is 0 Å². The molecule has 1 aromatic carbocycles. The molecule has 2 saturated heterocycles. The summed E-state index contributed by atoms with van der Waals surface area (Å²) in [5, 5.41) is 6.71.